The maximum Gasteiger partial charge on any atom is 0.0574 e. The summed E-state index contributed by atoms with van der Waals surface area (Å²) in [6, 6.07) is 13.5. The summed E-state index contributed by atoms with van der Waals surface area (Å²) in [5.41, 5.74) is 8.15. The van der Waals surface area contributed by atoms with E-state index in [1.165, 1.54) is 5.56 Å². The van der Waals surface area contributed by atoms with E-state index < -0.39 is 0 Å². The van der Waals surface area contributed by atoms with Crippen molar-refractivity contribution in [3.8, 4) is 0 Å². The number of nitrogens with two attached hydrogens (primary N) is 1. The average Bonchev–Trinajstić information content (AvgIpc) is 2.33. The molecule has 0 radical (unpaired) electrons. The number of halogens is 1. The minimum Gasteiger partial charge on any atom is -0.322 e. The molecule has 0 aliphatic rings. The lowest BCUT2D eigenvalue weighted by Crippen LogP contribution is -2.14. The molecule has 0 bridgehead atoms. The zero-order valence-corrected chi connectivity index (χ0v) is 9.56. The molecule has 2 rings (SSSR count). The van der Waals surface area contributed by atoms with E-state index in [4.69, 9.17) is 17.3 Å². The Morgan fingerprint density at radius 1 is 1.12 bits per heavy atom. The molecule has 2 nitrogen and oxygen atoms in total. The van der Waals surface area contributed by atoms with Gasteiger partial charge in [-0.05, 0) is 36.2 Å². The highest BCUT2D eigenvalue weighted by Gasteiger charge is 2.07. The molecule has 0 spiro atoms. The van der Waals surface area contributed by atoms with Gasteiger partial charge in [0.05, 0.1) is 11.7 Å². The predicted molar refractivity (Wildman–Crippen MR) is 66.3 cm³/mol. The molecule has 0 amide bonds. The first-order valence-corrected chi connectivity index (χ1v) is 5.54. The summed E-state index contributed by atoms with van der Waals surface area (Å²) < 4.78 is 0. The first-order chi connectivity index (χ1) is 7.75. The summed E-state index contributed by atoms with van der Waals surface area (Å²) in [5, 5.41) is 0.746. The molecule has 0 aliphatic heterocycles. The van der Waals surface area contributed by atoms with Gasteiger partial charge in [-0.2, -0.15) is 0 Å². The van der Waals surface area contributed by atoms with Crippen molar-refractivity contribution in [1.29, 1.82) is 0 Å². The Balaban J connectivity index is 2.08. The van der Waals surface area contributed by atoms with E-state index in [2.05, 4.69) is 4.98 Å². The zero-order chi connectivity index (χ0) is 11.4. The van der Waals surface area contributed by atoms with Crippen LogP contribution in [0.5, 0.6) is 0 Å². The second-order valence-corrected chi connectivity index (χ2v) is 4.13. The number of rotatable bonds is 3. The van der Waals surface area contributed by atoms with Crippen molar-refractivity contribution >= 4 is 11.6 Å². The molecule has 3 heteroatoms. The quantitative estimate of drug-likeness (QED) is 0.884. The van der Waals surface area contributed by atoms with Crippen LogP contribution in [0.3, 0.4) is 0 Å². The van der Waals surface area contributed by atoms with E-state index >= 15 is 0 Å². The lowest BCUT2D eigenvalue weighted by atomic mass is 10.0. The lowest BCUT2D eigenvalue weighted by molar-refractivity contribution is 0.696. The van der Waals surface area contributed by atoms with Crippen LogP contribution >= 0.6 is 11.6 Å². The van der Waals surface area contributed by atoms with Crippen LogP contribution in [-0.4, -0.2) is 4.98 Å². The van der Waals surface area contributed by atoms with Crippen LogP contribution in [0.4, 0.5) is 0 Å². The summed E-state index contributed by atoms with van der Waals surface area (Å²) in [6.07, 6.45) is 2.53. The molecule has 82 valence electrons. The number of aromatic nitrogens is 1. The Morgan fingerprint density at radius 2 is 1.88 bits per heavy atom. The SMILES string of the molecule is N[C@H](Cc1ccc(Cl)cc1)c1ccccn1. The fraction of sp³-hybridized carbons (Fsp3) is 0.154. The summed E-state index contributed by atoms with van der Waals surface area (Å²) in [5.74, 6) is 0. The van der Waals surface area contributed by atoms with Gasteiger partial charge in [0.2, 0.25) is 0 Å². The normalized spacial score (nSPS) is 12.4. The smallest absolute Gasteiger partial charge is 0.0574 e. The van der Waals surface area contributed by atoms with Crippen LogP contribution in [0.25, 0.3) is 0 Å². The molecule has 0 aliphatic carbocycles. The van der Waals surface area contributed by atoms with Crippen molar-refractivity contribution in [2.24, 2.45) is 5.73 Å². The standard InChI is InChI=1S/C13H13ClN2/c14-11-6-4-10(5-7-11)9-12(15)13-3-1-2-8-16-13/h1-8,12H,9,15H2/t12-/m1/s1. The third kappa shape index (κ3) is 2.81. The molecule has 1 aromatic heterocycles. The van der Waals surface area contributed by atoms with Gasteiger partial charge in [0.25, 0.3) is 0 Å². The first kappa shape index (κ1) is 11.1. The van der Waals surface area contributed by atoms with E-state index in [0.717, 1.165) is 17.1 Å². The molecule has 0 unspecified atom stereocenters. The molecule has 2 aromatic rings. The summed E-state index contributed by atoms with van der Waals surface area (Å²) in [4.78, 5) is 4.24. The zero-order valence-electron chi connectivity index (χ0n) is 8.81. The summed E-state index contributed by atoms with van der Waals surface area (Å²) >= 11 is 5.82. The molecule has 0 saturated heterocycles. The van der Waals surface area contributed by atoms with E-state index in [-0.39, 0.29) is 6.04 Å². The van der Waals surface area contributed by atoms with Crippen LogP contribution in [-0.2, 0) is 6.42 Å². The van der Waals surface area contributed by atoms with E-state index in [0.29, 0.717) is 0 Å². The predicted octanol–water partition coefficient (Wildman–Crippen LogP) is 2.98. The number of benzene rings is 1. The van der Waals surface area contributed by atoms with Gasteiger partial charge in [0.15, 0.2) is 0 Å². The highest BCUT2D eigenvalue weighted by atomic mass is 35.5. The maximum atomic E-state index is 6.07. The van der Waals surface area contributed by atoms with E-state index in [9.17, 15) is 0 Å². The Morgan fingerprint density at radius 3 is 2.50 bits per heavy atom. The van der Waals surface area contributed by atoms with E-state index in [1.807, 2.05) is 42.5 Å². The highest BCUT2D eigenvalue weighted by Crippen LogP contribution is 2.16. The third-order valence-electron chi connectivity index (χ3n) is 2.44. The lowest BCUT2D eigenvalue weighted by Gasteiger charge is -2.10. The second-order valence-electron chi connectivity index (χ2n) is 3.69. The Kier molecular flexibility index (Phi) is 3.54. The molecular formula is C13H13ClN2. The molecule has 0 fully saturated rings. The number of hydrogen-bond acceptors (Lipinski definition) is 2. The minimum absolute atomic E-state index is 0.0672. The van der Waals surface area contributed by atoms with Crippen molar-refractivity contribution in [3.05, 3.63) is 64.9 Å². The highest BCUT2D eigenvalue weighted by molar-refractivity contribution is 6.30. The molecule has 16 heavy (non-hydrogen) atoms. The fourth-order valence-electron chi connectivity index (χ4n) is 1.57. The van der Waals surface area contributed by atoms with Gasteiger partial charge >= 0.3 is 0 Å². The Hall–Kier alpha value is -1.38. The van der Waals surface area contributed by atoms with Gasteiger partial charge in [-0.3, -0.25) is 4.98 Å². The van der Waals surface area contributed by atoms with Gasteiger partial charge < -0.3 is 5.73 Å². The summed E-state index contributed by atoms with van der Waals surface area (Å²) in [7, 11) is 0. The largest absolute Gasteiger partial charge is 0.322 e. The van der Waals surface area contributed by atoms with Crippen molar-refractivity contribution in [3.63, 3.8) is 0 Å². The first-order valence-electron chi connectivity index (χ1n) is 5.16. The molecular weight excluding hydrogens is 220 g/mol. The maximum absolute atomic E-state index is 6.07. The van der Waals surface area contributed by atoms with Crippen molar-refractivity contribution < 1.29 is 0 Å². The summed E-state index contributed by atoms with van der Waals surface area (Å²) in [6.45, 7) is 0. The monoisotopic (exact) mass is 232 g/mol. The van der Waals surface area contributed by atoms with E-state index in [1.54, 1.807) is 6.20 Å². The number of pyridine rings is 1. The van der Waals surface area contributed by atoms with Crippen LogP contribution in [0.1, 0.15) is 17.3 Å². The average molecular weight is 233 g/mol. The van der Waals surface area contributed by atoms with Gasteiger partial charge in [0.1, 0.15) is 0 Å². The van der Waals surface area contributed by atoms with Gasteiger partial charge in [-0.25, -0.2) is 0 Å². The number of nitrogens with zero attached hydrogens (tertiary/aromatic N) is 1. The van der Waals surface area contributed by atoms with Crippen LogP contribution < -0.4 is 5.73 Å². The third-order valence-corrected chi connectivity index (χ3v) is 2.69. The molecule has 2 N–H and O–H groups in total. The van der Waals surface area contributed by atoms with Crippen molar-refractivity contribution in [1.82, 2.24) is 4.98 Å². The van der Waals surface area contributed by atoms with Gasteiger partial charge in [-0.1, -0.05) is 29.8 Å². The van der Waals surface area contributed by atoms with Crippen LogP contribution in [0.15, 0.2) is 48.7 Å². The molecule has 1 atom stereocenters. The Labute approximate surface area is 100 Å². The van der Waals surface area contributed by atoms with Gasteiger partial charge in [0, 0.05) is 11.2 Å². The molecule has 0 saturated carbocycles. The van der Waals surface area contributed by atoms with Crippen molar-refractivity contribution in [2.45, 2.75) is 12.5 Å². The number of hydrogen-bond donors (Lipinski definition) is 1. The topological polar surface area (TPSA) is 38.9 Å². The minimum atomic E-state index is -0.0672. The van der Waals surface area contributed by atoms with Crippen LogP contribution in [0.2, 0.25) is 5.02 Å². The molecule has 1 aromatic carbocycles. The van der Waals surface area contributed by atoms with Crippen molar-refractivity contribution in [2.75, 3.05) is 0 Å². The Bertz CT molecular complexity index is 439. The fourth-order valence-corrected chi connectivity index (χ4v) is 1.70. The second kappa shape index (κ2) is 5.10. The van der Waals surface area contributed by atoms with Crippen LogP contribution in [0, 0.1) is 0 Å². The molecule has 1 heterocycles. The van der Waals surface area contributed by atoms with Gasteiger partial charge in [-0.15, -0.1) is 0 Å².